The highest BCUT2D eigenvalue weighted by molar-refractivity contribution is 7.21. The number of hydrogen-bond acceptors (Lipinski definition) is 6. The number of H-pyrrole nitrogens is 1. The number of amides is 2. The number of thiophene rings is 1. The van der Waals surface area contributed by atoms with Crippen molar-refractivity contribution in [1.82, 2.24) is 30.2 Å². The third-order valence-corrected chi connectivity index (χ3v) is 8.22. The molecule has 0 saturated heterocycles. The van der Waals surface area contributed by atoms with Crippen molar-refractivity contribution in [2.24, 2.45) is 0 Å². The Morgan fingerprint density at radius 2 is 1.93 bits per heavy atom. The molecule has 4 aromatic heterocycles. The van der Waals surface area contributed by atoms with E-state index < -0.39 is 0 Å². The molecule has 2 amide bonds. The summed E-state index contributed by atoms with van der Waals surface area (Å²) in [6, 6.07) is 13.3. The number of nitrogens with one attached hydrogen (secondary N) is 3. The normalized spacial score (nSPS) is 16.7. The highest BCUT2D eigenvalue weighted by Crippen LogP contribution is 2.34. The molecule has 1 aliphatic carbocycles. The molecule has 6 rings (SSSR count). The van der Waals surface area contributed by atoms with Crippen molar-refractivity contribution in [3.8, 4) is 17.3 Å². The maximum absolute atomic E-state index is 13.4. The van der Waals surface area contributed by atoms with E-state index in [0.29, 0.717) is 33.9 Å². The molecule has 5 aromatic rings. The Morgan fingerprint density at radius 3 is 2.67 bits per heavy atom. The van der Waals surface area contributed by atoms with Gasteiger partial charge in [0.1, 0.15) is 20.9 Å². The molecule has 9 nitrogen and oxygen atoms in total. The largest absolute Gasteiger partial charge is 0.439 e. The summed E-state index contributed by atoms with van der Waals surface area (Å²) in [7, 11) is 0. The highest BCUT2D eigenvalue weighted by atomic mass is 32.1. The van der Waals surface area contributed by atoms with Crippen molar-refractivity contribution in [3.63, 3.8) is 0 Å². The minimum atomic E-state index is -0.194. The van der Waals surface area contributed by atoms with Gasteiger partial charge in [0, 0.05) is 24.3 Å². The molecule has 4 heterocycles. The molecular weight excluding hydrogens is 524 g/mol. The summed E-state index contributed by atoms with van der Waals surface area (Å²) in [6.07, 6.45) is 7.05. The molecule has 202 valence electrons. The third kappa shape index (κ3) is 4.77. The van der Waals surface area contributed by atoms with E-state index in [9.17, 15) is 9.59 Å². The Morgan fingerprint density at radius 1 is 1.15 bits per heavy atom. The van der Waals surface area contributed by atoms with Crippen LogP contribution in [0.3, 0.4) is 0 Å². The Hall–Kier alpha value is -4.70. The van der Waals surface area contributed by atoms with Gasteiger partial charge < -0.3 is 20.4 Å². The Balaban J connectivity index is 1.32. The van der Waals surface area contributed by atoms with Gasteiger partial charge in [-0.05, 0) is 56.0 Å². The second kappa shape index (κ2) is 10.5. The first-order valence-electron chi connectivity index (χ1n) is 13.0. The number of benzene rings is 1. The number of pyridine rings is 2. The average molecular weight is 553 g/mol. The maximum atomic E-state index is 13.4. The lowest BCUT2D eigenvalue weighted by Crippen LogP contribution is -2.36. The Bertz CT molecular complexity index is 1820. The van der Waals surface area contributed by atoms with E-state index in [0.717, 1.165) is 39.8 Å². The molecule has 0 aliphatic heterocycles. The summed E-state index contributed by atoms with van der Waals surface area (Å²) < 4.78 is 7.90. The number of carbonyl (C=O) groups excluding carboxylic acids is 2. The number of aryl methyl sites for hydroxylation is 1. The summed E-state index contributed by atoms with van der Waals surface area (Å²) in [4.78, 5) is 38.9. The zero-order chi connectivity index (χ0) is 27.8. The first kappa shape index (κ1) is 25.6. The third-order valence-electron chi connectivity index (χ3n) is 7.12. The van der Waals surface area contributed by atoms with E-state index in [1.54, 1.807) is 12.4 Å². The van der Waals surface area contributed by atoms with Crippen molar-refractivity contribution in [3.05, 3.63) is 83.4 Å². The fraction of sp³-hybridized carbons (Fsp3) is 0.200. The van der Waals surface area contributed by atoms with Gasteiger partial charge in [0.05, 0.1) is 28.3 Å². The number of nitrogens with zero attached hydrogens (tertiary/aromatic N) is 3. The summed E-state index contributed by atoms with van der Waals surface area (Å²) in [5.74, 6) is 0.848. The van der Waals surface area contributed by atoms with Crippen molar-refractivity contribution in [1.29, 1.82) is 0 Å². The van der Waals surface area contributed by atoms with Crippen molar-refractivity contribution >= 4 is 51.0 Å². The van der Waals surface area contributed by atoms with Crippen LogP contribution in [0.15, 0.2) is 67.5 Å². The van der Waals surface area contributed by atoms with Crippen LogP contribution in [0.1, 0.15) is 34.5 Å². The summed E-state index contributed by atoms with van der Waals surface area (Å²) in [6.45, 7) is 9.78. The molecule has 1 fully saturated rings. The molecule has 1 saturated carbocycles. The summed E-state index contributed by atoms with van der Waals surface area (Å²) in [5.41, 5.74) is 3.96. The van der Waals surface area contributed by atoms with Gasteiger partial charge in [0.25, 0.3) is 5.91 Å². The zero-order valence-electron chi connectivity index (χ0n) is 21.9. The number of aromatic amines is 1. The highest BCUT2D eigenvalue weighted by Gasteiger charge is 2.28. The number of para-hydroxylation sites is 1. The molecule has 0 spiro atoms. The first-order valence-corrected chi connectivity index (χ1v) is 13.8. The van der Waals surface area contributed by atoms with Crippen molar-refractivity contribution in [2.75, 3.05) is 0 Å². The Kier molecular flexibility index (Phi) is 6.69. The summed E-state index contributed by atoms with van der Waals surface area (Å²) >= 11 is 1.34. The SMILES string of the molecule is C=CC(=O)N[C@H]1CC[C@@H](NC(=O)c2sc3nccc4c3c2[nH]c(=C)n4-c2cnc(Oc3ccccc3)cc2C)C1. The fourth-order valence-electron chi connectivity index (χ4n) is 5.27. The number of aromatic nitrogens is 4. The molecule has 0 bridgehead atoms. The van der Waals surface area contributed by atoms with Crippen LogP contribution in [0.4, 0.5) is 0 Å². The van der Waals surface area contributed by atoms with E-state index in [4.69, 9.17) is 4.74 Å². The predicted molar refractivity (Wildman–Crippen MR) is 157 cm³/mol. The Labute approximate surface area is 234 Å². The van der Waals surface area contributed by atoms with Crippen LogP contribution in [-0.2, 0) is 4.79 Å². The van der Waals surface area contributed by atoms with Crippen LogP contribution in [0, 0.1) is 6.92 Å². The van der Waals surface area contributed by atoms with E-state index >= 15 is 0 Å². The lowest BCUT2D eigenvalue weighted by molar-refractivity contribution is -0.117. The van der Waals surface area contributed by atoms with Gasteiger partial charge in [-0.1, -0.05) is 31.4 Å². The van der Waals surface area contributed by atoms with E-state index in [-0.39, 0.29) is 23.9 Å². The van der Waals surface area contributed by atoms with Crippen LogP contribution in [0.2, 0.25) is 0 Å². The molecular formula is C30H28N6O3S. The molecule has 1 aliphatic rings. The van der Waals surface area contributed by atoms with Crippen molar-refractivity contribution < 1.29 is 14.3 Å². The van der Waals surface area contributed by atoms with E-state index in [1.165, 1.54) is 17.4 Å². The molecule has 2 atom stereocenters. The lowest BCUT2D eigenvalue weighted by Gasteiger charge is -2.16. The van der Waals surface area contributed by atoms with Gasteiger partial charge in [-0.2, -0.15) is 0 Å². The standard InChI is InChI=1S/C30H28N6O3S/c1-4-24(37)34-19-10-11-20(15-19)35-29(38)28-27-26-22(12-13-31-30(26)40-28)36(18(3)33-27)23-16-32-25(14-17(23)2)39-21-8-6-5-7-9-21/h4-9,12-14,16,19-20,33H,1,3,10-11,15H2,2H3,(H,34,37)(H,35,38)/t19-,20+/m0/s1. The molecule has 40 heavy (non-hydrogen) atoms. The van der Waals surface area contributed by atoms with E-state index in [1.807, 2.05) is 54.0 Å². The molecule has 0 radical (unpaired) electrons. The monoisotopic (exact) mass is 552 g/mol. The molecule has 0 unspecified atom stereocenters. The molecule has 3 N–H and O–H groups in total. The topological polar surface area (TPSA) is 114 Å². The second-order valence-electron chi connectivity index (χ2n) is 9.84. The minimum absolute atomic E-state index is 0.0256. The van der Waals surface area contributed by atoms with Crippen LogP contribution < -0.4 is 20.9 Å². The van der Waals surface area contributed by atoms with Gasteiger partial charge in [-0.25, -0.2) is 9.97 Å². The van der Waals surface area contributed by atoms with Crippen LogP contribution in [-0.4, -0.2) is 43.4 Å². The van der Waals surface area contributed by atoms with Gasteiger partial charge in [0.2, 0.25) is 11.8 Å². The number of carbonyl (C=O) groups is 2. The van der Waals surface area contributed by atoms with Gasteiger partial charge in [0.15, 0.2) is 0 Å². The van der Waals surface area contributed by atoms with Crippen LogP contribution in [0.25, 0.3) is 33.5 Å². The second-order valence-corrected chi connectivity index (χ2v) is 10.8. The smallest absolute Gasteiger partial charge is 0.263 e. The fourth-order valence-corrected chi connectivity index (χ4v) is 6.29. The maximum Gasteiger partial charge on any atom is 0.263 e. The van der Waals surface area contributed by atoms with Crippen molar-refractivity contribution in [2.45, 2.75) is 38.3 Å². The first-order chi connectivity index (χ1) is 19.4. The number of rotatable bonds is 7. The predicted octanol–water partition coefficient (Wildman–Crippen LogP) is 4.71. The summed E-state index contributed by atoms with van der Waals surface area (Å²) in [5, 5.41) is 6.93. The average Bonchev–Trinajstić information content (AvgIpc) is 3.55. The van der Waals surface area contributed by atoms with Gasteiger partial charge in [-0.15, -0.1) is 11.3 Å². The van der Waals surface area contributed by atoms with Crippen LogP contribution >= 0.6 is 11.3 Å². The number of ether oxygens (including phenoxy) is 1. The zero-order valence-corrected chi connectivity index (χ0v) is 22.8. The number of hydrogen-bond donors (Lipinski definition) is 3. The van der Waals surface area contributed by atoms with Crippen LogP contribution in [0.5, 0.6) is 11.6 Å². The van der Waals surface area contributed by atoms with Gasteiger partial charge in [-0.3, -0.25) is 14.2 Å². The molecule has 1 aromatic carbocycles. The van der Waals surface area contributed by atoms with E-state index in [2.05, 4.69) is 38.7 Å². The quantitative estimate of drug-likeness (QED) is 0.253. The van der Waals surface area contributed by atoms with Gasteiger partial charge >= 0.3 is 0 Å². The molecule has 10 heteroatoms. The lowest BCUT2D eigenvalue weighted by atomic mass is 10.2. The minimum Gasteiger partial charge on any atom is -0.439 e.